The molecule has 0 bridgehead atoms. The monoisotopic (exact) mass is 865 g/mol. The molecular weight excluding hydrogens is 823 g/mol. The molecule has 0 fully saturated rings. The van der Waals surface area contributed by atoms with Crippen molar-refractivity contribution in [3.63, 3.8) is 0 Å². The molecule has 1 heterocycles. The van der Waals surface area contributed by atoms with Crippen LogP contribution in [0, 0.1) is 0 Å². The van der Waals surface area contributed by atoms with Gasteiger partial charge in [0.1, 0.15) is 11.3 Å². The molecule has 0 spiro atoms. The summed E-state index contributed by atoms with van der Waals surface area (Å²) in [6.45, 7) is 0. The zero-order valence-electron chi connectivity index (χ0n) is 37.2. The first-order chi connectivity index (χ1) is 33.7. The Kier molecular flexibility index (Phi) is 9.54. The molecule has 68 heavy (non-hydrogen) atoms. The summed E-state index contributed by atoms with van der Waals surface area (Å²) in [5, 5.41) is 10.8. The molecule has 12 aromatic carbocycles. The summed E-state index contributed by atoms with van der Waals surface area (Å²) in [5.74, 6) is 0.884. The second-order valence-corrected chi connectivity index (χ2v) is 17.6. The first-order valence-electron chi connectivity index (χ1n) is 23.3. The Balaban J connectivity index is 0.944. The van der Waals surface area contributed by atoms with Crippen molar-refractivity contribution in [2.45, 2.75) is 0 Å². The lowest BCUT2D eigenvalue weighted by atomic mass is 9.90. The second kappa shape index (κ2) is 16.5. The van der Waals surface area contributed by atoms with Gasteiger partial charge >= 0.3 is 0 Å². The molecule has 318 valence electrons. The summed E-state index contributed by atoms with van der Waals surface area (Å²) in [5.41, 5.74) is 14.5. The zero-order chi connectivity index (χ0) is 45.0. The summed E-state index contributed by atoms with van der Waals surface area (Å²) in [6, 6.07) is 94.3. The van der Waals surface area contributed by atoms with Gasteiger partial charge in [0.05, 0.1) is 0 Å². The predicted octanol–water partition coefficient (Wildman–Crippen LogP) is 18.9. The van der Waals surface area contributed by atoms with Crippen molar-refractivity contribution >= 4 is 71.1 Å². The highest BCUT2D eigenvalue weighted by Gasteiger charge is 2.23. The highest BCUT2D eigenvalue weighted by molar-refractivity contribution is 6.29. The van der Waals surface area contributed by atoms with E-state index in [0.29, 0.717) is 0 Å². The molecular formula is C66H43NO. The Morgan fingerprint density at radius 2 is 0.735 bits per heavy atom. The Labute approximate surface area is 395 Å². The van der Waals surface area contributed by atoms with Gasteiger partial charge in [0.2, 0.25) is 0 Å². The van der Waals surface area contributed by atoms with Crippen molar-refractivity contribution in [2.24, 2.45) is 0 Å². The predicted molar refractivity (Wildman–Crippen MR) is 288 cm³/mol. The van der Waals surface area contributed by atoms with Crippen LogP contribution in [-0.2, 0) is 0 Å². The van der Waals surface area contributed by atoms with E-state index in [0.717, 1.165) is 78.1 Å². The van der Waals surface area contributed by atoms with Gasteiger partial charge in [-0.05, 0) is 125 Å². The maximum Gasteiger partial charge on any atom is 0.143 e. The van der Waals surface area contributed by atoms with E-state index in [1.807, 2.05) is 0 Å². The highest BCUT2D eigenvalue weighted by atomic mass is 16.3. The van der Waals surface area contributed by atoms with Gasteiger partial charge in [0.15, 0.2) is 0 Å². The third-order valence-electron chi connectivity index (χ3n) is 13.6. The molecule has 0 aliphatic heterocycles. The van der Waals surface area contributed by atoms with E-state index >= 15 is 0 Å². The zero-order valence-corrected chi connectivity index (χ0v) is 37.2. The highest BCUT2D eigenvalue weighted by Crippen LogP contribution is 2.48. The van der Waals surface area contributed by atoms with Crippen LogP contribution < -0.4 is 4.90 Å². The van der Waals surface area contributed by atoms with Gasteiger partial charge in [0, 0.05) is 39.0 Å². The van der Waals surface area contributed by atoms with Gasteiger partial charge in [-0.3, -0.25) is 0 Å². The van der Waals surface area contributed by atoms with Gasteiger partial charge < -0.3 is 9.32 Å². The number of nitrogens with zero attached hydrogens (tertiary/aromatic N) is 1. The van der Waals surface area contributed by atoms with E-state index in [1.165, 1.54) is 48.8 Å². The molecule has 0 saturated carbocycles. The lowest BCUT2D eigenvalue weighted by molar-refractivity contribution is 0.636. The first kappa shape index (κ1) is 39.4. The van der Waals surface area contributed by atoms with Crippen molar-refractivity contribution in [2.75, 3.05) is 4.90 Å². The average molecular weight is 866 g/mol. The fraction of sp³-hybridized carbons (Fsp3) is 0. The SMILES string of the molecule is c1ccc(-c2ccc(N(c3cccc(-c4cccc(-c5ccc6c7ccccc7c7oc(-c8ccccc8)c(-c8ccccc8)c7c6c5)c4)c3)c3ccc4c(ccc5ccccc54)c3)cc2)cc1. The van der Waals surface area contributed by atoms with Gasteiger partial charge in [0.25, 0.3) is 0 Å². The van der Waals surface area contributed by atoms with E-state index in [9.17, 15) is 0 Å². The standard InChI is InChI=1S/C66H43NO/c1-4-16-44(17-5-1)45-32-35-54(36-33-45)67(56-37-39-58-53(42-56)31-30-46-18-10-11-27-57(46)58)55-26-15-25-51(41-55)49-23-14-24-50(40-49)52-34-38-60-59-28-12-13-29-61(59)66-64(62(60)43-52)63(47-19-6-2-7-20-47)65(68-66)48-21-8-3-9-22-48/h1-43H. The van der Waals surface area contributed by atoms with E-state index in [4.69, 9.17) is 4.42 Å². The van der Waals surface area contributed by atoms with E-state index < -0.39 is 0 Å². The molecule has 2 nitrogen and oxygen atoms in total. The number of hydrogen-bond donors (Lipinski definition) is 0. The van der Waals surface area contributed by atoms with Crippen LogP contribution in [0.25, 0.3) is 110 Å². The third kappa shape index (κ3) is 6.82. The van der Waals surface area contributed by atoms with Crippen molar-refractivity contribution in [1.29, 1.82) is 0 Å². The molecule has 0 saturated heterocycles. The Morgan fingerprint density at radius 3 is 1.49 bits per heavy atom. The number of hydrogen-bond acceptors (Lipinski definition) is 2. The van der Waals surface area contributed by atoms with Crippen LogP contribution in [0.4, 0.5) is 17.1 Å². The van der Waals surface area contributed by atoms with Crippen LogP contribution in [0.2, 0.25) is 0 Å². The van der Waals surface area contributed by atoms with Gasteiger partial charge in [-0.15, -0.1) is 0 Å². The molecule has 1 aromatic heterocycles. The number of furan rings is 1. The van der Waals surface area contributed by atoms with Crippen LogP contribution in [0.1, 0.15) is 0 Å². The lowest BCUT2D eigenvalue weighted by Crippen LogP contribution is -2.10. The smallest absolute Gasteiger partial charge is 0.143 e. The van der Waals surface area contributed by atoms with Gasteiger partial charge in [-0.1, -0.05) is 212 Å². The summed E-state index contributed by atoms with van der Waals surface area (Å²) in [7, 11) is 0. The van der Waals surface area contributed by atoms with Crippen LogP contribution in [0.3, 0.4) is 0 Å². The average Bonchev–Trinajstić information content (AvgIpc) is 3.83. The molecule has 13 aromatic rings. The number of anilines is 3. The largest absolute Gasteiger partial charge is 0.455 e. The molecule has 0 N–H and O–H groups in total. The second-order valence-electron chi connectivity index (χ2n) is 17.6. The fourth-order valence-electron chi connectivity index (χ4n) is 10.4. The van der Waals surface area contributed by atoms with Crippen molar-refractivity contribution < 1.29 is 4.42 Å². The molecule has 0 aliphatic rings. The summed E-state index contributed by atoms with van der Waals surface area (Å²) < 4.78 is 7.04. The molecule has 0 atom stereocenters. The number of rotatable bonds is 8. The maximum absolute atomic E-state index is 7.04. The molecule has 13 rings (SSSR count). The minimum absolute atomic E-state index is 0.884. The summed E-state index contributed by atoms with van der Waals surface area (Å²) >= 11 is 0. The first-order valence-corrected chi connectivity index (χ1v) is 23.3. The van der Waals surface area contributed by atoms with E-state index in [-0.39, 0.29) is 0 Å². The maximum atomic E-state index is 7.04. The Hall–Kier alpha value is -8.98. The van der Waals surface area contributed by atoms with Gasteiger partial charge in [-0.25, -0.2) is 0 Å². The number of fused-ring (bicyclic) bond motifs is 9. The minimum atomic E-state index is 0.884. The normalized spacial score (nSPS) is 11.5. The molecule has 0 radical (unpaired) electrons. The van der Waals surface area contributed by atoms with Crippen molar-refractivity contribution in [3.8, 4) is 55.8 Å². The number of benzene rings is 12. The quantitative estimate of drug-likeness (QED) is 0.142. The lowest BCUT2D eigenvalue weighted by Gasteiger charge is -2.27. The van der Waals surface area contributed by atoms with Crippen molar-refractivity contribution in [3.05, 3.63) is 261 Å². The topological polar surface area (TPSA) is 16.4 Å². The Bertz CT molecular complexity index is 4000. The van der Waals surface area contributed by atoms with Crippen LogP contribution >= 0.6 is 0 Å². The molecule has 0 amide bonds. The molecule has 2 heteroatoms. The summed E-state index contributed by atoms with van der Waals surface area (Å²) in [6.07, 6.45) is 0. The third-order valence-corrected chi connectivity index (χ3v) is 13.6. The van der Waals surface area contributed by atoms with E-state index in [2.05, 4.69) is 266 Å². The van der Waals surface area contributed by atoms with E-state index in [1.54, 1.807) is 0 Å². The Morgan fingerprint density at radius 1 is 0.250 bits per heavy atom. The van der Waals surface area contributed by atoms with Crippen LogP contribution in [0.15, 0.2) is 265 Å². The fourth-order valence-corrected chi connectivity index (χ4v) is 10.4. The summed E-state index contributed by atoms with van der Waals surface area (Å²) in [4.78, 5) is 2.38. The van der Waals surface area contributed by atoms with Gasteiger partial charge in [-0.2, -0.15) is 0 Å². The molecule has 0 aliphatic carbocycles. The minimum Gasteiger partial charge on any atom is -0.455 e. The van der Waals surface area contributed by atoms with Crippen LogP contribution in [0.5, 0.6) is 0 Å². The van der Waals surface area contributed by atoms with Crippen molar-refractivity contribution in [1.82, 2.24) is 0 Å². The van der Waals surface area contributed by atoms with Crippen LogP contribution in [-0.4, -0.2) is 0 Å². The molecule has 0 unspecified atom stereocenters.